The normalized spacial score (nSPS) is 38.1. The molecule has 3 unspecified atom stereocenters. The SMILES string of the molecule is CCCCNC(=O)C1N([C@@H](CO)C(C)C)C(=O)[C@@H]2[C@H](C(=O)NC)[C@@]3(C)OC12CC3C. The summed E-state index contributed by atoms with van der Waals surface area (Å²) in [6, 6.07) is -1.37. The van der Waals surface area contributed by atoms with Gasteiger partial charge in [0.25, 0.3) is 0 Å². The Morgan fingerprint density at radius 3 is 2.53 bits per heavy atom. The van der Waals surface area contributed by atoms with E-state index in [1.54, 1.807) is 7.05 Å². The van der Waals surface area contributed by atoms with Gasteiger partial charge in [0.05, 0.1) is 30.1 Å². The molecule has 8 heteroatoms. The first kappa shape index (κ1) is 23.0. The molecule has 0 saturated carbocycles. The van der Waals surface area contributed by atoms with Gasteiger partial charge in [-0.1, -0.05) is 34.1 Å². The lowest BCUT2D eigenvalue weighted by Crippen LogP contribution is -2.59. The van der Waals surface area contributed by atoms with E-state index in [1.807, 2.05) is 34.6 Å². The minimum Gasteiger partial charge on any atom is -0.394 e. The van der Waals surface area contributed by atoms with Crippen molar-refractivity contribution in [3.63, 3.8) is 0 Å². The maximum Gasteiger partial charge on any atom is 0.245 e. The molecule has 3 rings (SSSR count). The third-order valence-corrected chi connectivity index (χ3v) is 7.67. The minimum atomic E-state index is -1.05. The van der Waals surface area contributed by atoms with Crippen molar-refractivity contribution in [1.82, 2.24) is 15.5 Å². The highest BCUT2D eigenvalue weighted by molar-refractivity contribution is 5.99. The zero-order valence-corrected chi connectivity index (χ0v) is 19.0. The summed E-state index contributed by atoms with van der Waals surface area (Å²) in [6.07, 6.45) is 2.31. The number of likely N-dealkylation sites (tertiary alicyclic amines) is 1. The molecule has 1 spiro atoms. The summed E-state index contributed by atoms with van der Waals surface area (Å²) in [6.45, 7) is 10.1. The Kier molecular flexibility index (Phi) is 6.22. The fourth-order valence-electron chi connectivity index (χ4n) is 5.99. The van der Waals surface area contributed by atoms with Gasteiger partial charge in [-0.05, 0) is 31.6 Å². The first-order chi connectivity index (χ1) is 14.1. The van der Waals surface area contributed by atoms with Crippen molar-refractivity contribution in [3.8, 4) is 0 Å². The zero-order valence-electron chi connectivity index (χ0n) is 19.0. The van der Waals surface area contributed by atoms with Crippen LogP contribution in [0.2, 0.25) is 0 Å². The van der Waals surface area contributed by atoms with Crippen LogP contribution in [0, 0.1) is 23.7 Å². The first-order valence-corrected chi connectivity index (χ1v) is 11.2. The second-order valence-corrected chi connectivity index (χ2v) is 9.70. The molecular formula is C22H37N3O5. The number of hydrogen-bond donors (Lipinski definition) is 3. The van der Waals surface area contributed by atoms with Crippen LogP contribution in [0.15, 0.2) is 0 Å². The van der Waals surface area contributed by atoms with E-state index in [9.17, 15) is 19.5 Å². The number of ether oxygens (including phenoxy) is 1. The number of hydrogen-bond acceptors (Lipinski definition) is 5. The van der Waals surface area contributed by atoms with Gasteiger partial charge in [-0.15, -0.1) is 0 Å². The van der Waals surface area contributed by atoms with E-state index < -0.39 is 35.1 Å². The summed E-state index contributed by atoms with van der Waals surface area (Å²) in [7, 11) is 1.56. The van der Waals surface area contributed by atoms with Crippen molar-refractivity contribution in [2.45, 2.75) is 77.2 Å². The monoisotopic (exact) mass is 423 g/mol. The lowest BCUT2D eigenvalue weighted by molar-refractivity contribution is -0.151. The minimum absolute atomic E-state index is 0.0152. The van der Waals surface area contributed by atoms with Crippen LogP contribution < -0.4 is 10.6 Å². The van der Waals surface area contributed by atoms with Crippen LogP contribution in [0.4, 0.5) is 0 Å². The fourth-order valence-corrected chi connectivity index (χ4v) is 5.99. The van der Waals surface area contributed by atoms with Gasteiger partial charge in [-0.3, -0.25) is 14.4 Å². The number of unbranched alkanes of at least 4 members (excludes halogenated alkanes) is 1. The number of rotatable bonds is 8. The second-order valence-electron chi connectivity index (χ2n) is 9.70. The number of aliphatic hydroxyl groups is 1. The predicted octanol–water partition coefficient (Wildman–Crippen LogP) is 0.676. The summed E-state index contributed by atoms with van der Waals surface area (Å²) in [5, 5.41) is 15.8. The number of carbonyl (C=O) groups excluding carboxylic acids is 3. The van der Waals surface area contributed by atoms with Crippen LogP contribution in [0.5, 0.6) is 0 Å². The highest BCUT2D eigenvalue weighted by atomic mass is 16.5. The van der Waals surface area contributed by atoms with Crippen LogP contribution in [0.1, 0.15) is 53.9 Å². The second kappa shape index (κ2) is 8.11. The van der Waals surface area contributed by atoms with E-state index in [1.165, 1.54) is 4.90 Å². The van der Waals surface area contributed by atoms with E-state index >= 15 is 0 Å². The topological polar surface area (TPSA) is 108 Å². The van der Waals surface area contributed by atoms with Crippen LogP contribution in [0.25, 0.3) is 0 Å². The van der Waals surface area contributed by atoms with E-state index in [2.05, 4.69) is 10.6 Å². The number of aliphatic hydroxyl groups excluding tert-OH is 1. The molecule has 0 aliphatic carbocycles. The average Bonchev–Trinajstić information content (AvgIpc) is 3.19. The zero-order chi connectivity index (χ0) is 22.4. The Balaban J connectivity index is 2.10. The van der Waals surface area contributed by atoms with Crippen molar-refractivity contribution in [3.05, 3.63) is 0 Å². The summed E-state index contributed by atoms with van der Waals surface area (Å²) in [5.74, 6) is -2.18. The molecule has 0 radical (unpaired) electrons. The van der Waals surface area contributed by atoms with Gasteiger partial charge in [0.1, 0.15) is 11.6 Å². The Morgan fingerprint density at radius 1 is 1.33 bits per heavy atom. The van der Waals surface area contributed by atoms with Gasteiger partial charge in [-0.2, -0.15) is 0 Å². The molecule has 2 bridgehead atoms. The molecule has 3 aliphatic rings. The summed E-state index contributed by atoms with van der Waals surface area (Å²) in [5.41, 5.74) is -1.86. The van der Waals surface area contributed by atoms with Crippen molar-refractivity contribution in [2.24, 2.45) is 23.7 Å². The van der Waals surface area contributed by atoms with Gasteiger partial charge in [0.15, 0.2) is 0 Å². The third kappa shape index (κ3) is 3.06. The third-order valence-electron chi connectivity index (χ3n) is 7.67. The molecule has 3 saturated heterocycles. The maximum absolute atomic E-state index is 13.8. The van der Waals surface area contributed by atoms with Gasteiger partial charge >= 0.3 is 0 Å². The summed E-state index contributed by atoms with van der Waals surface area (Å²) in [4.78, 5) is 41.6. The largest absolute Gasteiger partial charge is 0.394 e. The van der Waals surface area contributed by atoms with E-state index in [-0.39, 0.29) is 36.2 Å². The smallest absolute Gasteiger partial charge is 0.245 e. The highest BCUT2D eigenvalue weighted by Crippen LogP contribution is 2.65. The Morgan fingerprint density at radius 2 is 2.00 bits per heavy atom. The first-order valence-electron chi connectivity index (χ1n) is 11.2. The van der Waals surface area contributed by atoms with E-state index in [4.69, 9.17) is 4.74 Å². The van der Waals surface area contributed by atoms with Crippen LogP contribution in [-0.2, 0) is 19.1 Å². The lowest BCUT2D eigenvalue weighted by atomic mass is 9.62. The molecule has 0 aromatic carbocycles. The van der Waals surface area contributed by atoms with E-state index in [0.29, 0.717) is 13.0 Å². The molecule has 8 nitrogen and oxygen atoms in total. The number of nitrogens with one attached hydrogen (secondary N) is 2. The lowest BCUT2D eigenvalue weighted by Gasteiger charge is -2.38. The summed E-state index contributed by atoms with van der Waals surface area (Å²) < 4.78 is 6.57. The Hall–Kier alpha value is -1.67. The maximum atomic E-state index is 13.8. The molecule has 30 heavy (non-hydrogen) atoms. The number of amides is 3. The predicted molar refractivity (Wildman–Crippen MR) is 111 cm³/mol. The average molecular weight is 424 g/mol. The molecule has 0 aromatic rings. The molecule has 7 atom stereocenters. The Labute approximate surface area is 179 Å². The molecule has 3 fully saturated rings. The van der Waals surface area contributed by atoms with E-state index in [0.717, 1.165) is 12.8 Å². The van der Waals surface area contributed by atoms with Crippen molar-refractivity contribution in [2.75, 3.05) is 20.2 Å². The number of nitrogens with zero attached hydrogens (tertiary/aromatic N) is 1. The van der Waals surface area contributed by atoms with Crippen molar-refractivity contribution in [1.29, 1.82) is 0 Å². The van der Waals surface area contributed by atoms with Crippen molar-refractivity contribution < 1.29 is 24.2 Å². The quantitative estimate of drug-likeness (QED) is 0.498. The molecule has 170 valence electrons. The number of fused-ring (bicyclic) bond motifs is 1. The molecule has 3 amide bonds. The van der Waals surface area contributed by atoms with Crippen LogP contribution >= 0.6 is 0 Å². The fraction of sp³-hybridized carbons (Fsp3) is 0.864. The molecule has 3 N–H and O–H groups in total. The number of carbonyl (C=O) groups is 3. The van der Waals surface area contributed by atoms with Gasteiger partial charge in [-0.25, -0.2) is 0 Å². The molecule has 3 heterocycles. The van der Waals surface area contributed by atoms with Crippen LogP contribution in [-0.4, -0.2) is 71.2 Å². The van der Waals surface area contributed by atoms with Crippen LogP contribution in [0.3, 0.4) is 0 Å². The summed E-state index contributed by atoms with van der Waals surface area (Å²) >= 11 is 0. The highest BCUT2D eigenvalue weighted by Gasteiger charge is 2.80. The van der Waals surface area contributed by atoms with Gasteiger partial charge in [0, 0.05) is 13.6 Å². The Bertz CT molecular complexity index is 713. The van der Waals surface area contributed by atoms with Gasteiger partial charge < -0.3 is 25.4 Å². The standard InChI is InChI=1S/C22H37N3O5/c1-7-8-9-24-19(28)17-22-10-13(4)21(5,30-22)15(18(27)23-6)16(22)20(29)25(17)14(11-26)12(2)3/h12-17,26H,7-11H2,1-6H3,(H,23,27)(H,24,28)/t13?,14-,15+,16-,17?,21-,22?/m0/s1. The molecular weight excluding hydrogens is 386 g/mol. The molecule has 3 aliphatic heterocycles. The van der Waals surface area contributed by atoms with Gasteiger partial charge in [0.2, 0.25) is 17.7 Å². The molecule has 0 aromatic heterocycles. The van der Waals surface area contributed by atoms with Crippen molar-refractivity contribution >= 4 is 17.7 Å².